The monoisotopic (exact) mass is 424 g/mol. The summed E-state index contributed by atoms with van der Waals surface area (Å²) in [7, 11) is 0. The van der Waals surface area contributed by atoms with E-state index < -0.39 is 41.5 Å². The highest BCUT2D eigenvalue weighted by Crippen LogP contribution is 2.19. The number of nitrogens with zero attached hydrogens (tertiary/aromatic N) is 4. The van der Waals surface area contributed by atoms with E-state index >= 15 is 0 Å². The molecule has 2 amide bonds. The number of aryl methyl sites for hydroxylation is 2. The summed E-state index contributed by atoms with van der Waals surface area (Å²) < 4.78 is 41.1. The number of nitrogens with one attached hydrogen (secondary N) is 2. The number of hydrogen-bond acceptors (Lipinski definition) is 6. The maximum atomic E-state index is 13.5. The van der Waals surface area contributed by atoms with Crippen LogP contribution in [-0.2, 0) is 9.59 Å². The first-order chi connectivity index (χ1) is 13.7. The van der Waals surface area contributed by atoms with Crippen molar-refractivity contribution in [3.05, 3.63) is 47.0 Å². The van der Waals surface area contributed by atoms with Crippen LogP contribution < -0.4 is 10.6 Å². The number of anilines is 1. The van der Waals surface area contributed by atoms with E-state index in [1.807, 2.05) is 19.9 Å². The van der Waals surface area contributed by atoms with Crippen LogP contribution in [0.5, 0.6) is 0 Å². The van der Waals surface area contributed by atoms with E-state index in [9.17, 15) is 22.8 Å². The SMILES string of the molecule is Cc1cc(C)n2nc(SCC(=O)NCC(=O)Nc3ccc(F)c(F)c3F)nc2n1. The number of thioether (sulfide) groups is 1. The molecule has 2 N–H and O–H groups in total. The number of benzene rings is 1. The Morgan fingerprint density at radius 2 is 1.86 bits per heavy atom. The minimum atomic E-state index is -1.69. The second kappa shape index (κ2) is 8.47. The summed E-state index contributed by atoms with van der Waals surface area (Å²) in [4.78, 5) is 32.1. The minimum absolute atomic E-state index is 0.0677. The Labute approximate surface area is 166 Å². The highest BCUT2D eigenvalue weighted by Gasteiger charge is 2.16. The van der Waals surface area contributed by atoms with Gasteiger partial charge in [0.05, 0.1) is 18.0 Å². The predicted molar refractivity (Wildman–Crippen MR) is 98.9 cm³/mol. The van der Waals surface area contributed by atoms with Crippen molar-refractivity contribution in [3.8, 4) is 0 Å². The normalized spacial score (nSPS) is 10.9. The molecule has 2 aromatic heterocycles. The van der Waals surface area contributed by atoms with Gasteiger partial charge in [-0.3, -0.25) is 9.59 Å². The maximum absolute atomic E-state index is 13.5. The second-order valence-electron chi connectivity index (χ2n) is 5.98. The van der Waals surface area contributed by atoms with Gasteiger partial charge in [0.1, 0.15) is 0 Å². The smallest absolute Gasteiger partial charge is 0.253 e. The third-order valence-electron chi connectivity index (χ3n) is 3.69. The van der Waals surface area contributed by atoms with E-state index in [1.54, 1.807) is 4.52 Å². The van der Waals surface area contributed by atoms with Crippen molar-refractivity contribution in [1.29, 1.82) is 0 Å². The Balaban J connectivity index is 1.50. The van der Waals surface area contributed by atoms with Gasteiger partial charge in [0.15, 0.2) is 17.5 Å². The fraction of sp³-hybridized carbons (Fsp3) is 0.235. The Morgan fingerprint density at radius 3 is 2.62 bits per heavy atom. The summed E-state index contributed by atoms with van der Waals surface area (Å²) in [6, 6.07) is 3.41. The van der Waals surface area contributed by atoms with E-state index in [0.717, 1.165) is 29.2 Å². The van der Waals surface area contributed by atoms with Crippen LogP contribution in [-0.4, -0.2) is 43.7 Å². The number of carbonyl (C=O) groups excluding carboxylic acids is 2. The minimum Gasteiger partial charge on any atom is -0.346 e. The number of carbonyl (C=O) groups is 2. The molecule has 0 aliphatic heterocycles. The number of fused-ring (bicyclic) bond motifs is 1. The van der Waals surface area contributed by atoms with Crippen LogP contribution in [0, 0.1) is 31.3 Å². The van der Waals surface area contributed by atoms with E-state index in [4.69, 9.17) is 0 Å². The summed E-state index contributed by atoms with van der Waals surface area (Å²) >= 11 is 1.05. The topological polar surface area (TPSA) is 101 Å². The highest BCUT2D eigenvalue weighted by atomic mass is 32.2. The average molecular weight is 424 g/mol. The van der Waals surface area contributed by atoms with Crippen molar-refractivity contribution in [3.63, 3.8) is 0 Å². The van der Waals surface area contributed by atoms with Crippen LogP contribution in [0.3, 0.4) is 0 Å². The molecule has 3 aromatic rings. The summed E-state index contributed by atoms with van der Waals surface area (Å²) in [5.41, 5.74) is 1.11. The lowest BCUT2D eigenvalue weighted by Crippen LogP contribution is -2.34. The first-order valence-electron chi connectivity index (χ1n) is 8.28. The molecule has 8 nitrogen and oxygen atoms in total. The zero-order valence-corrected chi connectivity index (χ0v) is 16.1. The fourth-order valence-corrected chi connectivity index (χ4v) is 3.03. The standard InChI is InChI=1S/C17H15F3N6O2S/c1-8-5-9(2)26-16(22-8)24-17(25-26)29-7-13(28)21-6-12(27)23-11-4-3-10(18)14(19)15(11)20/h3-5H,6-7H2,1-2H3,(H,21,28)(H,23,27). The Bertz CT molecular complexity index is 1100. The van der Waals surface area contributed by atoms with Gasteiger partial charge in [0.2, 0.25) is 17.0 Å². The number of halogens is 3. The molecule has 3 rings (SSSR count). The van der Waals surface area contributed by atoms with Gasteiger partial charge in [0, 0.05) is 11.4 Å². The predicted octanol–water partition coefficient (Wildman–Crippen LogP) is 2.01. The molecule has 0 spiro atoms. The average Bonchev–Trinajstić information content (AvgIpc) is 3.08. The van der Waals surface area contributed by atoms with Crippen molar-refractivity contribution in [1.82, 2.24) is 24.9 Å². The van der Waals surface area contributed by atoms with Crippen LogP contribution in [0.1, 0.15) is 11.4 Å². The lowest BCUT2D eigenvalue weighted by Gasteiger charge is -2.08. The third kappa shape index (κ3) is 4.83. The van der Waals surface area contributed by atoms with E-state index in [2.05, 4.69) is 25.7 Å². The Hall–Kier alpha value is -3.15. The molecule has 12 heteroatoms. The van der Waals surface area contributed by atoms with Crippen LogP contribution in [0.2, 0.25) is 0 Å². The van der Waals surface area contributed by atoms with E-state index in [1.165, 1.54) is 0 Å². The van der Waals surface area contributed by atoms with Crippen molar-refractivity contribution < 1.29 is 22.8 Å². The molecule has 1 aromatic carbocycles. The Morgan fingerprint density at radius 1 is 1.10 bits per heavy atom. The number of amides is 2. The molecule has 0 aliphatic rings. The molecule has 152 valence electrons. The first-order valence-corrected chi connectivity index (χ1v) is 9.27. The van der Waals surface area contributed by atoms with Crippen molar-refractivity contribution in [2.75, 3.05) is 17.6 Å². The fourth-order valence-electron chi connectivity index (χ4n) is 2.39. The van der Waals surface area contributed by atoms with Gasteiger partial charge in [-0.1, -0.05) is 11.8 Å². The quantitative estimate of drug-likeness (QED) is 0.464. The van der Waals surface area contributed by atoms with Gasteiger partial charge in [-0.15, -0.1) is 5.10 Å². The van der Waals surface area contributed by atoms with Crippen LogP contribution in [0.4, 0.5) is 18.9 Å². The maximum Gasteiger partial charge on any atom is 0.253 e. The van der Waals surface area contributed by atoms with Gasteiger partial charge in [-0.2, -0.15) is 4.98 Å². The first kappa shape index (κ1) is 20.6. The van der Waals surface area contributed by atoms with E-state index in [0.29, 0.717) is 17.0 Å². The van der Waals surface area contributed by atoms with Gasteiger partial charge in [0.25, 0.3) is 5.78 Å². The Kier molecular flexibility index (Phi) is 6.01. The van der Waals surface area contributed by atoms with Gasteiger partial charge in [-0.05, 0) is 32.0 Å². The van der Waals surface area contributed by atoms with Gasteiger partial charge >= 0.3 is 0 Å². The summed E-state index contributed by atoms with van der Waals surface area (Å²) in [6.07, 6.45) is 0. The van der Waals surface area contributed by atoms with Crippen LogP contribution in [0.25, 0.3) is 5.78 Å². The number of rotatable bonds is 6. The molecule has 0 saturated carbocycles. The number of hydrogen-bond donors (Lipinski definition) is 2. The van der Waals surface area contributed by atoms with Gasteiger partial charge in [-0.25, -0.2) is 22.7 Å². The molecular formula is C17H15F3N6O2S. The summed E-state index contributed by atoms with van der Waals surface area (Å²) in [6.45, 7) is 3.21. The molecule has 2 heterocycles. The van der Waals surface area contributed by atoms with Crippen LogP contribution >= 0.6 is 11.8 Å². The molecule has 29 heavy (non-hydrogen) atoms. The lowest BCUT2D eigenvalue weighted by atomic mass is 10.2. The zero-order valence-electron chi connectivity index (χ0n) is 15.3. The molecule has 0 aliphatic carbocycles. The summed E-state index contributed by atoms with van der Waals surface area (Å²) in [5.74, 6) is -5.52. The zero-order chi connectivity index (χ0) is 21.1. The molecule has 0 saturated heterocycles. The summed E-state index contributed by atoms with van der Waals surface area (Å²) in [5, 5.41) is 8.97. The lowest BCUT2D eigenvalue weighted by molar-refractivity contribution is -0.122. The van der Waals surface area contributed by atoms with Crippen molar-refractivity contribution in [2.45, 2.75) is 19.0 Å². The van der Waals surface area contributed by atoms with Gasteiger partial charge < -0.3 is 10.6 Å². The largest absolute Gasteiger partial charge is 0.346 e. The second-order valence-corrected chi connectivity index (χ2v) is 6.92. The van der Waals surface area contributed by atoms with Crippen molar-refractivity contribution >= 4 is 35.0 Å². The molecule has 0 unspecified atom stereocenters. The molecule has 0 bridgehead atoms. The molecule has 0 atom stereocenters. The molecule has 0 radical (unpaired) electrons. The van der Waals surface area contributed by atoms with Crippen molar-refractivity contribution in [2.24, 2.45) is 0 Å². The number of aromatic nitrogens is 4. The highest BCUT2D eigenvalue weighted by molar-refractivity contribution is 7.99. The molecular weight excluding hydrogens is 409 g/mol. The molecule has 0 fully saturated rings. The van der Waals surface area contributed by atoms with Crippen LogP contribution in [0.15, 0.2) is 23.4 Å². The van der Waals surface area contributed by atoms with E-state index in [-0.39, 0.29) is 5.75 Å². The third-order valence-corrected chi connectivity index (χ3v) is 4.52.